The van der Waals surface area contributed by atoms with Crippen molar-refractivity contribution in [2.45, 2.75) is 6.42 Å². The first-order valence-corrected chi connectivity index (χ1v) is 6.06. The second kappa shape index (κ2) is 5.21. The standard InChI is InChI=1S/C11H13FN2OS/c1-15-10-4-3-8(7-9(10)12)14-11-13-5-2-6-16-11/h3-4,7H,2,5-6H2,1H3,(H,13,14). The minimum atomic E-state index is -0.367. The maximum absolute atomic E-state index is 13.4. The van der Waals surface area contributed by atoms with E-state index in [1.165, 1.54) is 13.2 Å². The van der Waals surface area contributed by atoms with Gasteiger partial charge in [0.1, 0.15) is 0 Å². The average Bonchev–Trinajstić information content (AvgIpc) is 2.31. The molecule has 2 rings (SSSR count). The van der Waals surface area contributed by atoms with Gasteiger partial charge in [-0.05, 0) is 18.6 Å². The molecule has 1 N–H and O–H groups in total. The summed E-state index contributed by atoms with van der Waals surface area (Å²) < 4.78 is 18.2. The molecule has 1 aliphatic heterocycles. The number of nitrogens with zero attached hydrogens (tertiary/aromatic N) is 1. The number of benzene rings is 1. The minimum Gasteiger partial charge on any atom is -0.494 e. The SMILES string of the molecule is COc1ccc(NC2=NCCCS2)cc1F. The van der Waals surface area contributed by atoms with Crippen molar-refractivity contribution in [3.8, 4) is 5.75 Å². The smallest absolute Gasteiger partial charge is 0.167 e. The minimum absolute atomic E-state index is 0.254. The molecule has 0 fully saturated rings. The highest BCUT2D eigenvalue weighted by molar-refractivity contribution is 8.14. The lowest BCUT2D eigenvalue weighted by Crippen LogP contribution is -2.13. The zero-order valence-corrected chi connectivity index (χ0v) is 9.81. The summed E-state index contributed by atoms with van der Waals surface area (Å²) >= 11 is 1.66. The quantitative estimate of drug-likeness (QED) is 0.863. The molecule has 0 aliphatic carbocycles. The van der Waals surface area contributed by atoms with E-state index in [0.717, 1.165) is 23.9 Å². The Balaban J connectivity index is 2.09. The van der Waals surface area contributed by atoms with Gasteiger partial charge in [0.2, 0.25) is 0 Å². The van der Waals surface area contributed by atoms with Gasteiger partial charge >= 0.3 is 0 Å². The molecule has 0 spiro atoms. The monoisotopic (exact) mass is 240 g/mol. The van der Waals surface area contributed by atoms with Crippen LogP contribution >= 0.6 is 11.8 Å². The zero-order valence-electron chi connectivity index (χ0n) is 9.00. The average molecular weight is 240 g/mol. The van der Waals surface area contributed by atoms with Crippen LogP contribution in [0.25, 0.3) is 0 Å². The number of anilines is 1. The van der Waals surface area contributed by atoms with Gasteiger partial charge < -0.3 is 10.1 Å². The van der Waals surface area contributed by atoms with E-state index < -0.39 is 0 Å². The number of rotatable bonds is 2. The van der Waals surface area contributed by atoms with E-state index >= 15 is 0 Å². The molecule has 0 bridgehead atoms. The van der Waals surface area contributed by atoms with Gasteiger partial charge in [0.05, 0.1) is 7.11 Å². The van der Waals surface area contributed by atoms with E-state index in [0.29, 0.717) is 5.69 Å². The largest absolute Gasteiger partial charge is 0.494 e. The fourth-order valence-corrected chi connectivity index (χ4v) is 2.24. The lowest BCUT2D eigenvalue weighted by Gasteiger charge is -2.13. The van der Waals surface area contributed by atoms with Crippen LogP contribution in [0.2, 0.25) is 0 Å². The van der Waals surface area contributed by atoms with Crippen LogP contribution in [0.5, 0.6) is 5.75 Å². The second-order valence-corrected chi connectivity index (χ2v) is 4.45. The lowest BCUT2D eigenvalue weighted by molar-refractivity contribution is 0.387. The fraction of sp³-hybridized carbons (Fsp3) is 0.364. The normalized spacial score (nSPS) is 15.5. The Morgan fingerprint density at radius 3 is 3.00 bits per heavy atom. The summed E-state index contributed by atoms with van der Waals surface area (Å²) in [5, 5.41) is 3.95. The Kier molecular flexibility index (Phi) is 3.66. The summed E-state index contributed by atoms with van der Waals surface area (Å²) in [4.78, 5) is 4.31. The number of nitrogens with one attached hydrogen (secondary N) is 1. The van der Waals surface area contributed by atoms with Gasteiger partial charge in [-0.1, -0.05) is 11.8 Å². The summed E-state index contributed by atoms with van der Waals surface area (Å²) in [5.74, 6) is 0.947. The van der Waals surface area contributed by atoms with E-state index in [1.54, 1.807) is 23.9 Å². The zero-order chi connectivity index (χ0) is 11.4. The molecule has 1 aromatic rings. The van der Waals surface area contributed by atoms with E-state index in [9.17, 15) is 4.39 Å². The van der Waals surface area contributed by atoms with Crippen molar-refractivity contribution in [2.75, 3.05) is 24.7 Å². The Morgan fingerprint density at radius 1 is 1.50 bits per heavy atom. The topological polar surface area (TPSA) is 33.6 Å². The van der Waals surface area contributed by atoms with E-state index in [1.807, 2.05) is 0 Å². The second-order valence-electron chi connectivity index (χ2n) is 3.36. The summed E-state index contributed by atoms with van der Waals surface area (Å²) in [7, 11) is 1.45. The summed E-state index contributed by atoms with van der Waals surface area (Å²) in [6.45, 7) is 0.841. The molecule has 0 amide bonds. The van der Waals surface area contributed by atoms with Crippen LogP contribution in [0, 0.1) is 5.82 Å². The number of ether oxygens (including phenoxy) is 1. The van der Waals surface area contributed by atoms with Crippen molar-refractivity contribution in [3.63, 3.8) is 0 Å². The van der Waals surface area contributed by atoms with E-state index in [-0.39, 0.29) is 11.6 Å². The van der Waals surface area contributed by atoms with E-state index in [2.05, 4.69) is 10.3 Å². The molecule has 1 heterocycles. The third-order valence-electron chi connectivity index (χ3n) is 2.20. The Labute approximate surface area is 98.1 Å². The number of halogens is 1. The van der Waals surface area contributed by atoms with Crippen molar-refractivity contribution >= 4 is 22.6 Å². The van der Waals surface area contributed by atoms with Crippen LogP contribution in [-0.4, -0.2) is 24.6 Å². The number of amidine groups is 1. The number of thioether (sulfide) groups is 1. The number of hydrogen-bond acceptors (Lipinski definition) is 4. The predicted octanol–water partition coefficient (Wildman–Crippen LogP) is 2.74. The number of aliphatic imine (C=N–C) groups is 1. The Hall–Kier alpha value is -1.23. The van der Waals surface area contributed by atoms with Gasteiger partial charge in [0, 0.05) is 24.1 Å². The molecule has 0 saturated carbocycles. The Morgan fingerprint density at radius 2 is 2.38 bits per heavy atom. The first kappa shape index (κ1) is 11.3. The maximum Gasteiger partial charge on any atom is 0.167 e. The van der Waals surface area contributed by atoms with Crippen molar-refractivity contribution in [1.29, 1.82) is 0 Å². The van der Waals surface area contributed by atoms with Crippen molar-refractivity contribution < 1.29 is 9.13 Å². The molecule has 5 heteroatoms. The molecule has 1 aliphatic rings. The highest BCUT2D eigenvalue weighted by Crippen LogP contribution is 2.22. The molecule has 3 nitrogen and oxygen atoms in total. The van der Waals surface area contributed by atoms with Crippen molar-refractivity contribution in [3.05, 3.63) is 24.0 Å². The van der Waals surface area contributed by atoms with E-state index in [4.69, 9.17) is 4.74 Å². The number of methoxy groups -OCH3 is 1. The van der Waals surface area contributed by atoms with Crippen LogP contribution < -0.4 is 10.1 Å². The van der Waals surface area contributed by atoms with Gasteiger partial charge in [-0.25, -0.2) is 4.39 Å². The third-order valence-corrected chi connectivity index (χ3v) is 3.20. The van der Waals surface area contributed by atoms with Gasteiger partial charge in [-0.15, -0.1) is 0 Å². The van der Waals surface area contributed by atoms with Gasteiger partial charge in [-0.2, -0.15) is 0 Å². The van der Waals surface area contributed by atoms with Crippen LogP contribution in [0.4, 0.5) is 10.1 Å². The first-order valence-electron chi connectivity index (χ1n) is 5.07. The molecule has 16 heavy (non-hydrogen) atoms. The van der Waals surface area contributed by atoms with Crippen LogP contribution in [0.1, 0.15) is 6.42 Å². The van der Waals surface area contributed by atoms with Gasteiger partial charge in [0.15, 0.2) is 16.7 Å². The first-order chi connectivity index (χ1) is 7.79. The van der Waals surface area contributed by atoms with Gasteiger partial charge in [0.25, 0.3) is 0 Å². The Bertz CT molecular complexity index is 409. The molecular weight excluding hydrogens is 227 g/mol. The predicted molar refractivity (Wildman–Crippen MR) is 66.0 cm³/mol. The van der Waals surface area contributed by atoms with Crippen LogP contribution in [0.15, 0.2) is 23.2 Å². The molecule has 0 aromatic heterocycles. The maximum atomic E-state index is 13.4. The summed E-state index contributed by atoms with van der Waals surface area (Å²) in [6, 6.07) is 4.79. The fourth-order valence-electron chi connectivity index (χ4n) is 1.40. The van der Waals surface area contributed by atoms with Gasteiger partial charge in [-0.3, -0.25) is 4.99 Å². The molecule has 1 aromatic carbocycles. The molecule has 86 valence electrons. The lowest BCUT2D eigenvalue weighted by atomic mass is 10.3. The third kappa shape index (κ3) is 2.66. The molecule has 0 radical (unpaired) electrons. The van der Waals surface area contributed by atoms with Crippen LogP contribution in [-0.2, 0) is 0 Å². The molecule has 0 saturated heterocycles. The summed E-state index contributed by atoms with van der Waals surface area (Å²) in [6.07, 6.45) is 1.10. The van der Waals surface area contributed by atoms with Crippen molar-refractivity contribution in [2.24, 2.45) is 4.99 Å². The van der Waals surface area contributed by atoms with Crippen molar-refractivity contribution in [1.82, 2.24) is 0 Å². The molecule has 0 unspecified atom stereocenters. The highest BCUT2D eigenvalue weighted by Gasteiger charge is 2.08. The number of hydrogen-bond donors (Lipinski definition) is 1. The molecular formula is C11H13FN2OS. The molecule has 0 atom stereocenters. The highest BCUT2D eigenvalue weighted by atomic mass is 32.2. The van der Waals surface area contributed by atoms with Crippen LogP contribution in [0.3, 0.4) is 0 Å². The summed E-state index contributed by atoms with van der Waals surface area (Å²) in [5.41, 5.74) is 0.700.